The molecule has 0 bridgehead atoms. The van der Waals surface area contributed by atoms with Crippen molar-refractivity contribution in [2.24, 2.45) is 0 Å². The summed E-state index contributed by atoms with van der Waals surface area (Å²) in [6.45, 7) is 5.90. The second-order valence-electron chi connectivity index (χ2n) is 4.02. The number of aryl methyl sites for hydroxylation is 1. The summed E-state index contributed by atoms with van der Waals surface area (Å²) in [6.07, 6.45) is -4.32. The first-order valence-corrected chi connectivity index (χ1v) is 6.47. The molecule has 2 aromatic rings. The monoisotopic (exact) mass is 281 g/mol. The first-order valence-electron chi connectivity index (χ1n) is 6.47. The lowest BCUT2D eigenvalue weighted by Gasteiger charge is -2.12. The molecule has 2 rings (SSSR count). The molecule has 20 heavy (non-hydrogen) atoms. The summed E-state index contributed by atoms with van der Waals surface area (Å²) in [5.41, 5.74) is 1.56. The number of hydrogen-bond donors (Lipinski definition) is 1. The highest BCUT2D eigenvalue weighted by atomic mass is 19.4. The van der Waals surface area contributed by atoms with Crippen LogP contribution in [0, 0.1) is 6.92 Å². The van der Waals surface area contributed by atoms with Crippen molar-refractivity contribution < 1.29 is 13.2 Å². The molecule has 0 atom stereocenters. The standard InChI is InChI=1S/C14H12F3N.C2H6/c1-10-5-2-3-8-13(10)18-12-7-4-6-11(9-12)14(15,16)17;1-2/h2-9,18H,1H3;1-2H3. The van der Waals surface area contributed by atoms with Gasteiger partial charge in [0, 0.05) is 11.4 Å². The molecule has 0 aromatic heterocycles. The molecule has 0 unspecified atom stereocenters. The van der Waals surface area contributed by atoms with Gasteiger partial charge in [-0.2, -0.15) is 13.2 Å². The van der Waals surface area contributed by atoms with Crippen LogP contribution < -0.4 is 5.32 Å². The van der Waals surface area contributed by atoms with Gasteiger partial charge in [0.1, 0.15) is 0 Å². The minimum Gasteiger partial charge on any atom is -0.355 e. The Labute approximate surface area is 117 Å². The second kappa shape index (κ2) is 6.98. The van der Waals surface area contributed by atoms with Crippen LogP contribution in [0.15, 0.2) is 48.5 Å². The molecule has 0 aliphatic heterocycles. The van der Waals surface area contributed by atoms with E-state index >= 15 is 0 Å². The summed E-state index contributed by atoms with van der Waals surface area (Å²) in [5, 5.41) is 2.98. The summed E-state index contributed by atoms with van der Waals surface area (Å²) < 4.78 is 37.7. The minimum atomic E-state index is -4.32. The Morgan fingerprint density at radius 3 is 2.15 bits per heavy atom. The van der Waals surface area contributed by atoms with Gasteiger partial charge in [-0.25, -0.2) is 0 Å². The highest BCUT2D eigenvalue weighted by Gasteiger charge is 2.30. The topological polar surface area (TPSA) is 12.0 Å². The van der Waals surface area contributed by atoms with Crippen molar-refractivity contribution >= 4 is 11.4 Å². The Kier molecular flexibility index (Phi) is 5.62. The Morgan fingerprint density at radius 2 is 1.55 bits per heavy atom. The zero-order valence-corrected chi connectivity index (χ0v) is 11.8. The van der Waals surface area contributed by atoms with E-state index < -0.39 is 11.7 Å². The number of anilines is 2. The quantitative estimate of drug-likeness (QED) is 0.735. The lowest BCUT2D eigenvalue weighted by atomic mass is 10.1. The van der Waals surface area contributed by atoms with Crippen molar-refractivity contribution in [3.8, 4) is 0 Å². The molecular formula is C16H18F3N. The summed E-state index contributed by atoms with van der Waals surface area (Å²) in [6, 6.07) is 12.6. The average Bonchev–Trinajstić information content (AvgIpc) is 2.43. The number of para-hydroxylation sites is 1. The Bertz CT molecular complexity index is 547. The van der Waals surface area contributed by atoms with Crippen LogP contribution in [0.25, 0.3) is 0 Å². The summed E-state index contributed by atoms with van der Waals surface area (Å²) in [5.74, 6) is 0. The van der Waals surface area contributed by atoms with Gasteiger partial charge in [-0.15, -0.1) is 0 Å². The number of rotatable bonds is 2. The number of hydrogen-bond acceptors (Lipinski definition) is 1. The van der Waals surface area contributed by atoms with Crippen LogP contribution >= 0.6 is 0 Å². The molecule has 0 spiro atoms. The van der Waals surface area contributed by atoms with Crippen molar-refractivity contribution in [3.63, 3.8) is 0 Å². The van der Waals surface area contributed by atoms with Crippen LogP contribution in [0.5, 0.6) is 0 Å². The predicted octanol–water partition coefficient (Wildman–Crippen LogP) is 5.78. The molecule has 0 amide bonds. The zero-order valence-electron chi connectivity index (χ0n) is 11.8. The Hall–Kier alpha value is -1.97. The highest BCUT2D eigenvalue weighted by Crippen LogP contribution is 2.31. The molecule has 0 radical (unpaired) electrons. The molecule has 1 nitrogen and oxygen atoms in total. The lowest BCUT2D eigenvalue weighted by Crippen LogP contribution is -2.05. The van der Waals surface area contributed by atoms with Gasteiger partial charge in [-0.05, 0) is 36.8 Å². The van der Waals surface area contributed by atoms with Gasteiger partial charge in [-0.1, -0.05) is 38.1 Å². The van der Waals surface area contributed by atoms with E-state index in [4.69, 9.17) is 0 Å². The van der Waals surface area contributed by atoms with Crippen molar-refractivity contribution in [3.05, 3.63) is 59.7 Å². The number of nitrogens with one attached hydrogen (secondary N) is 1. The number of benzene rings is 2. The van der Waals surface area contributed by atoms with Crippen LogP contribution in [-0.2, 0) is 6.18 Å². The van der Waals surface area contributed by atoms with Gasteiger partial charge in [0.2, 0.25) is 0 Å². The second-order valence-corrected chi connectivity index (χ2v) is 4.02. The molecule has 0 saturated carbocycles. The number of halogens is 3. The van der Waals surface area contributed by atoms with Gasteiger partial charge in [0.05, 0.1) is 5.56 Å². The van der Waals surface area contributed by atoms with Gasteiger partial charge >= 0.3 is 6.18 Å². The van der Waals surface area contributed by atoms with E-state index in [9.17, 15) is 13.2 Å². The van der Waals surface area contributed by atoms with Crippen LogP contribution in [0.1, 0.15) is 25.0 Å². The molecule has 2 aromatic carbocycles. The SMILES string of the molecule is CC.Cc1ccccc1Nc1cccc(C(F)(F)F)c1. The first-order chi connectivity index (χ1) is 9.47. The first kappa shape index (κ1) is 16.1. The Morgan fingerprint density at radius 1 is 0.900 bits per heavy atom. The molecule has 0 saturated heterocycles. The number of alkyl halides is 3. The van der Waals surface area contributed by atoms with Crippen LogP contribution in [0.2, 0.25) is 0 Å². The van der Waals surface area contributed by atoms with Crippen LogP contribution in [0.3, 0.4) is 0 Å². The molecule has 108 valence electrons. The Balaban J connectivity index is 0.000000956. The van der Waals surface area contributed by atoms with E-state index in [1.165, 1.54) is 6.07 Å². The van der Waals surface area contributed by atoms with Gasteiger partial charge in [0.25, 0.3) is 0 Å². The molecule has 4 heteroatoms. The van der Waals surface area contributed by atoms with E-state index in [-0.39, 0.29) is 0 Å². The van der Waals surface area contributed by atoms with E-state index in [1.54, 1.807) is 6.07 Å². The fourth-order valence-corrected chi connectivity index (χ4v) is 1.64. The van der Waals surface area contributed by atoms with Crippen molar-refractivity contribution in [2.45, 2.75) is 26.9 Å². The summed E-state index contributed by atoms with van der Waals surface area (Å²) in [4.78, 5) is 0. The molecule has 0 fully saturated rings. The maximum absolute atomic E-state index is 12.6. The van der Waals surface area contributed by atoms with E-state index in [2.05, 4.69) is 5.32 Å². The maximum Gasteiger partial charge on any atom is 0.416 e. The third kappa shape index (κ3) is 4.30. The van der Waals surface area contributed by atoms with Crippen molar-refractivity contribution in [1.29, 1.82) is 0 Å². The summed E-state index contributed by atoms with van der Waals surface area (Å²) in [7, 11) is 0. The average molecular weight is 281 g/mol. The van der Waals surface area contributed by atoms with Crippen LogP contribution in [-0.4, -0.2) is 0 Å². The third-order valence-corrected chi connectivity index (χ3v) is 2.61. The van der Waals surface area contributed by atoms with Gasteiger partial charge in [0.15, 0.2) is 0 Å². The molecule has 0 aliphatic carbocycles. The minimum absolute atomic E-state index is 0.430. The normalized spacial score (nSPS) is 10.5. The third-order valence-electron chi connectivity index (χ3n) is 2.61. The van der Waals surface area contributed by atoms with Gasteiger partial charge < -0.3 is 5.32 Å². The molecule has 0 heterocycles. The molecular weight excluding hydrogens is 263 g/mol. The largest absolute Gasteiger partial charge is 0.416 e. The van der Waals surface area contributed by atoms with Crippen molar-refractivity contribution in [1.82, 2.24) is 0 Å². The van der Waals surface area contributed by atoms with E-state index in [0.717, 1.165) is 23.4 Å². The van der Waals surface area contributed by atoms with E-state index in [1.807, 2.05) is 45.0 Å². The van der Waals surface area contributed by atoms with Gasteiger partial charge in [-0.3, -0.25) is 0 Å². The molecule has 0 aliphatic rings. The van der Waals surface area contributed by atoms with E-state index in [0.29, 0.717) is 5.69 Å². The zero-order chi connectivity index (χ0) is 15.2. The highest BCUT2D eigenvalue weighted by molar-refractivity contribution is 5.63. The fourth-order valence-electron chi connectivity index (χ4n) is 1.64. The lowest BCUT2D eigenvalue weighted by molar-refractivity contribution is -0.137. The fraction of sp³-hybridized carbons (Fsp3) is 0.250. The summed E-state index contributed by atoms with van der Waals surface area (Å²) >= 11 is 0. The predicted molar refractivity (Wildman–Crippen MR) is 77.3 cm³/mol. The van der Waals surface area contributed by atoms with Crippen molar-refractivity contribution in [2.75, 3.05) is 5.32 Å². The maximum atomic E-state index is 12.6. The molecule has 1 N–H and O–H groups in total. The van der Waals surface area contributed by atoms with Crippen LogP contribution in [0.4, 0.5) is 24.5 Å². The smallest absolute Gasteiger partial charge is 0.355 e.